The monoisotopic (exact) mass is 271 g/mol. The number of hydrogen-bond acceptors (Lipinski definition) is 4. The topological polar surface area (TPSA) is 78.9 Å². The molecule has 1 aliphatic heterocycles. The van der Waals surface area contributed by atoms with Gasteiger partial charge in [-0.05, 0) is 19.3 Å². The van der Waals surface area contributed by atoms with Crippen LogP contribution in [0.25, 0.3) is 0 Å². The van der Waals surface area contributed by atoms with Gasteiger partial charge in [0.05, 0.1) is 0 Å². The number of amidine groups is 1. The maximum atomic E-state index is 12.6. The van der Waals surface area contributed by atoms with E-state index in [4.69, 9.17) is 10.9 Å². The molecule has 0 spiro atoms. The summed E-state index contributed by atoms with van der Waals surface area (Å²) < 4.78 is 0. The lowest BCUT2D eigenvalue weighted by atomic mass is 9.66. The van der Waals surface area contributed by atoms with E-state index in [2.05, 4.69) is 12.1 Å². The molecule has 5 nitrogen and oxygen atoms in total. The first-order valence-corrected chi connectivity index (χ1v) is 7.58. The Hall–Kier alpha value is -0.910. The molecule has 102 valence electrons. The maximum Gasteiger partial charge on any atom is 0.236 e. The Morgan fingerprint density at radius 3 is 2.83 bits per heavy atom. The first kappa shape index (κ1) is 13.5. The second-order valence-electron chi connectivity index (χ2n) is 5.07. The van der Waals surface area contributed by atoms with Crippen molar-refractivity contribution in [3.63, 3.8) is 0 Å². The van der Waals surface area contributed by atoms with Gasteiger partial charge in [0.1, 0.15) is 5.41 Å². The van der Waals surface area contributed by atoms with Crippen LogP contribution in [0, 0.1) is 5.41 Å². The average Bonchev–Trinajstić information content (AvgIpc) is 2.37. The van der Waals surface area contributed by atoms with Gasteiger partial charge in [0.25, 0.3) is 0 Å². The van der Waals surface area contributed by atoms with Crippen LogP contribution >= 0.6 is 11.8 Å². The smallest absolute Gasteiger partial charge is 0.236 e. The van der Waals surface area contributed by atoms with Crippen LogP contribution in [0.5, 0.6) is 0 Å². The van der Waals surface area contributed by atoms with Gasteiger partial charge in [0, 0.05) is 24.1 Å². The minimum absolute atomic E-state index is 0.0581. The van der Waals surface area contributed by atoms with Crippen LogP contribution in [0.2, 0.25) is 0 Å². The maximum absolute atomic E-state index is 12.6. The van der Waals surface area contributed by atoms with Crippen LogP contribution in [0.4, 0.5) is 0 Å². The molecule has 0 bridgehead atoms. The summed E-state index contributed by atoms with van der Waals surface area (Å²) in [7, 11) is 0. The van der Waals surface area contributed by atoms with Crippen LogP contribution in [-0.4, -0.2) is 45.9 Å². The average molecular weight is 271 g/mol. The molecule has 1 amide bonds. The largest absolute Gasteiger partial charge is 0.409 e. The summed E-state index contributed by atoms with van der Waals surface area (Å²) in [6.45, 7) is 3.72. The summed E-state index contributed by atoms with van der Waals surface area (Å²) >= 11 is 1.93. The van der Waals surface area contributed by atoms with E-state index in [1.807, 2.05) is 16.7 Å². The molecule has 0 aromatic rings. The summed E-state index contributed by atoms with van der Waals surface area (Å²) in [5, 5.41) is 12.5. The van der Waals surface area contributed by atoms with Crippen molar-refractivity contribution in [2.24, 2.45) is 16.3 Å². The minimum Gasteiger partial charge on any atom is -0.409 e. The molecular weight excluding hydrogens is 250 g/mol. The molecule has 1 saturated carbocycles. The summed E-state index contributed by atoms with van der Waals surface area (Å²) in [5.41, 5.74) is 5.02. The van der Waals surface area contributed by atoms with Crippen molar-refractivity contribution in [3.8, 4) is 0 Å². The highest BCUT2D eigenvalue weighted by atomic mass is 32.2. The molecule has 3 N–H and O–H groups in total. The van der Waals surface area contributed by atoms with Crippen molar-refractivity contribution >= 4 is 23.5 Å². The lowest BCUT2D eigenvalue weighted by molar-refractivity contribution is -0.142. The number of carbonyl (C=O) groups is 1. The second kappa shape index (κ2) is 5.38. The highest BCUT2D eigenvalue weighted by molar-refractivity contribution is 8.00. The zero-order valence-electron chi connectivity index (χ0n) is 10.8. The second-order valence-corrected chi connectivity index (χ2v) is 6.48. The number of carbonyl (C=O) groups excluding carboxylic acids is 1. The van der Waals surface area contributed by atoms with E-state index in [-0.39, 0.29) is 11.7 Å². The zero-order chi connectivity index (χ0) is 13.2. The molecule has 0 aromatic heterocycles. The first-order valence-electron chi connectivity index (χ1n) is 6.53. The van der Waals surface area contributed by atoms with Gasteiger partial charge >= 0.3 is 0 Å². The highest BCUT2D eigenvalue weighted by Gasteiger charge is 2.50. The number of hydrogen-bond donors (Lipinski definition) is 2. The molecule has 1 atom stereocenters. The van der Waals surface area contributed by atoms with E-state index in [9.17, 15) is 4.79 Å². The van der Waals surface area contributed by atoms with Crippen molar-refractivity contribution in [1.29, 1.82) is 0 Å². The number of nitrogens with zero attached hydrogens (tertiary/aromatic N) is 2. The van der Waals surface area contributed by atoms with E-state index in [1.54, 1.807) is 0 Å². The van der Waals surface area contributed by atoms with Gasteiger partial charge in [-0.15, -0.1) is 0 Å². The van der Waals surface area contributed by atoms with Crippen molar-refractivity contribution < 1.29 is 10.0 Å². The third-order valence-corrected chi connectivity index (χ3v) is 5.47. The lowest BCUT2D eigenvalue weighted by Gasteiger charge is -2.44. The van der Waals surface area contributed by atoms with Crippen LogP contribution in [0.3, 0.4) is 0 Å². The van der Waals surface area contributed by atoms with Gasteiger partial charge in [0.15, 0.2) is 5.84 Å². The normalized spacial score (nSPS) is 27.7. The van der Waals surface area contributed by atoms with E-state index in [0.717, 1.165) is 31.7 Å². The standard InChI is InChI=1S/C12H21N3O2S/c1-2-9-8-15(6-7-18-9)11(16)12(4-3-5-12)10(13)14-17/h9,17H,2-8H2,1H3,(H2,13,14). The predicted octanol–water partition coefficient (Wildman–Crippen LogP) is 1.26. The molecule has 1 unspecified atom stereocenters. The van der Waals surface area contributed by atoms with E-state index in [0.29, 0.717) is 18.1 Å². The molecule has 18 heavy (non-hydrogen) atoms. The van der Waals surface area contributed by atoms with Crippen LogP contribution in [0.1, 0.15) is 32.6 Å². The molecular formula is C12H21N3O2S. The summed E-state index contributed by atoms with van der Waals surface area (Å²) in [6.07, 6.45) is 3.47. The van der Waals surface area contributed by atoms with Crippen LogP contribution < -0.4 is 5.73 Å². The van der Waals surface area contributed by atoms with Crippen molar-refractivity contribution in [3.05, 3.63) is 0 Å². The van der Waals surface area contributed by atoms with Crippen LogP contribution in [-0.2, 0) is 4.79 Å². The SMILES string of the molecule is CCC1CN(C(=O)C2(C(N)=NO)CCC2)CCS1. The molecule has 2 fully saturated rings. The van der Waals surface area contributed by atoms with Crippen molar-refractivity contribution in [2.75, 3.05) is 18.8 Å². The van der Waals surface area contributed by atoms with Gasteiger partial charge in [-0.25, -0.2) is 0 Å². The summed E-state index contributed by atoms with van der Waals surface area (Å²) in [6, 6.07) is 0. The molecule has 2 rings (SSSR count). The molecule has 0 aromatic carbocycles. The summed E-state index contributed by atoms with van der Waals surface area (Å²) in [4.78, 5) is 14.5. The van der Waals surface area contributed by atoms with Gasteiger partial charge in [-0.1, -0.05) is 18.5 Å². The number of oxime groups is 1. The Labute approximate surface area is 112 Å². The highest BCUT2D eigenvalue weighted by Crippen LogP contribution is 2.43. The molecule has 1 aliphatic carbocycles. The fourth-order valence-corrected chi connectivity index (χ4v) is 3.84. The fourth-order valence-electron chi connectivity index (χ4n) is 2.66. The first-order chi connectivity index (χ1) is 8.64. The van der Waals surface area contributed by atoms with Gasteiger partial charge in [0.2, 0.25) is 5.91 Å². The van der Waals surface area contributed by atoms with Crippen LogP contribution in [0.15, 0.2) is 5.16 Å². The number of nitrogens with two attached hydrogens (primary N) is 1. The Morgan fingerprint density at radius 1 is 1.61 bits per heavy atom. The quantitative estimate of drug-likeness (QED) is 0.350. The predicted molar refractivity (Wildman–Crippen MR) is 72.8 cm³/mol. The van der Waals surface area contributed by atoms with Gasteiger partial charge in [-0.3, -0.25) is 4.79 Å². The van der Waals surface area contributed by atoms with E-state index < -0.39 is 5.41 Å². The number of thioether (sulfide) groups is 1. The van der Waals surface area contributed by atoms with E-state index >= 15 is 0 Å². The minimum atomic E-state index is -0.713. The van der Waals surface area contributed by atoms with Gasteiger partial charge in [-0.2, -0.15) is 11.8 Å². The Bertz CT molecular complexity index is 355. The van der Waals surface area contributed by atoms with Gasteiger partial charge < -0.3 is 15.8 Å². The zero-order valence-corrected chi connectivity index (χ0v) is 11.6. The Balaban J connectivity index is 2.10. The molecule has 2 aliphatic rings. The third-order valence-electron chi connectivity index (χ3n) is 4.10. The lowest BCUT2D eigenvalue weighted by Crippen LogP contribution is -2.57. The third kappa shape index (κ3) is 2.18. The Morgan fingerprint density at radius 2 is 2.33 bits per heavy atom. The molecule has 0 radical (unpaired) electrons. The number of rotatable bonds is 3. The molecule has 6 heteroatoms. The Kier molecular flexibility index (Phi) is 4.04. The van der Waals surface area contributed by atoms with Crippen molar-refractivity contribution in [1.82, 2.24) is 4.90 Å². The summed E-state index contributed by atoms with van der Waals surface area (Å²) in [5.74, 6) is 1.13. The van der Waals surface area contributed by atoms with E-state index in [1.165, 1.54) is 0 Å². The van der Waals surface area contributed by atoms with Crippen molar-refractivity contribution in [2.45, 2.75) is 37.9 Å². The molecule has 1 saturated heterocycles. The molecule has 1 heterocycles. The number of amides is 1. The fraction of sp³-hybridized carbons (Fsp3) is 0.833.